The van der Waals surface area contributed by atoms with Crippen molar-refractivity contribution in [2.75, 3.05) is 19.6 Å². The molecule has 5 nitrogen and oxygen atoms in total. The van der Waals surface area contributed by atoms with Gasteiger partial charge in [0.05, 0.1) is 11.0 Å². The molecule has 1 aliphatic rings. The largest absolute Gasteiger partial charge is 0.491 e. The Morgan fingerprint density at radius 2 is 2.13 bits per heavy atom. The Morgan fingerprint density at radius 3 is 2.70 bits per heavy atom. The summed E-state index contributed by atoms with van der Waals surface area (Å²) in [5, 5.41) is 3.33. The van der Waals surface area contributed by atoms with Crippen LogP contribution < -0.4 is 14.8 Å². The number of hydrogen-bond donors (Lipinski definition) is 2. The lowest BCUT2D eigenvalue weighted by molar-refractivity contribution is 0.238. The van der Waals surface area contributed by atoms with Gasteiger partial charge in [-0.15, -0.1) is 0 Å². The average molecular weight is 340 g/mol. The van der Waals surface area contributed by atoms with E-state index in [0.29, 0.717) is 11.4 Å². The molecule has 23 heavy (non-hydrogen) atoms. The summed E-state index contributed by atoms with van der Waals surface area (Å²) in [5.41, 5.74) is 0.799. The minimum atomic E-state index is -3.50. The van der Waals surface area contributed by atoms with Crippen molar-refractivity contribution in [2.45, 2.75) is 51.5 Å². The van der Waals surface area contributed by atoms with Crippen LogP contribution >= 0.6 is 0 Å². The topological polar surface area (TPSA) is 67.4 Å². The fourth-order valence-electron chi connectivity index (χ4n) is 2.80. The van der Waals surface area contributed by atoms with Crippen LogP contribution in [0, 0.1) is 12.3 Å². The van der Waals surface area contributed by atoms with Crippen molar-refractivity contribution in [2.24, 2.45) is 5.41 Å². The van der Waals surface area contributed by atoms with Gasteiger partial charge in [0, 0.05) is 13.1 Å². The Hall–Kier alpha value is -1.11. The number of benzene rings is 1. The van der Waals surface area contributed by atoms with Gasteiger partial charge in [-0.1, -0.05) is 6.92 Å². The summed E-state index contributed by atoms with van der Waals surface area (Å²) in [6.07, 6.45) is 2.18. The second-order valence-corrected chi connectivity index (χ2v) is 8.78. The summed E-state index contributed by atoms with van der Waals surface area (Å²) in [6.45, 7) is 10.2. The highest BCUT2D eigenvalue weighted by molar-refractivity contribution is 7.89. The second kappa shape index (κ2) is 7.20. The normalized spacial score (nSPS) is 22.3. The fourth-order valence-corrected chi connectivity index (χ4v) is 4.08. The molecule has 1 aromatic carbocycles. The number of ether oxygens (including phenoxy) is 1. The number of aryl methyl sites for hydroxylation is 1. The molecular weight excluding hydrogens is 312 g/mol. The first kappa shape index (κ1) is 18.2. The summed E-state index contributed by atoms with van der Waals surface area (Å²) >= 11 is 0. The van der Waals surface area contributed by atoms with Crippen molar-refractivity contribution in [3.63, 3.8) is 0 Å². The molecule has 1 unspecified atom stereocenters. The Morgan fingerprint density at radius 1 is 1.39 bits per heavy atom. The van der Waals surface area contributed by atoms with E-state index in [-0.39, 0.29) is 11.5 Å². The molecule has 0 saturated carbocycles. The molecule has 1 aliphatic heterocycles. The van der Waals surface area contributed by atoms with E-state index < -0.39 is 10.0 Å². The number of nitrogens with one attached hydrogen (secondary N) is 2. The highest BCUT2D eigenvalue weighted by Gasteiger charge is 2.28. The molecule has 0 bridgehead atoms. The molecule has 1 saturated heterocycles. The van der Waals surface area contributed by atoms with Crippen molar-refractivity contribution in [3.05, 3.63) is 23.8 Å². The van der Waals surface area contributed by atoms with Crippen molar-refractivity contribution < 1.29 is 13.2 Å². The molecule has 1 atom stereocenters. The molecule has 0 aliphatic carbocycles. The molecular formula is C17H28N2O3S. The third-order valence-corrected chi connectivity index (χ3v) is 5.59. The van der Waals surface area contributed by atoms with Crippen LogP contribution in [0.2, 0.25) is 0 Å². The number of hydrogen-bond acceptors (Lipinski definition) is 4. The molecule has 0 spiro atoms. The molecule has 1 aromatic rings. The van der Waals surface area contributed by atoms with Crippen molar-refractivity contribution >= 4 is 10.0 Å². The van der Waals surface area contributed by atoms with Crippen LogP contribution in [0.15, 0.2) is 23.1 Å². The van der Waals surface area contributed by atoms with E-state index >= 15 is 0 Å². The van der Waals surface area contributed by atoms with Crippen molar-refractivity contribution in [1.29, 1.82) is 0 Å². The summed E-state index contributed by atoms with van der Waals surface area (Å²) < 4.78 is 33.5. The molecule has 2 rings (SSSR count). The van der Waals surface area contributed by atoms with Crippen LogP contribution in [-0.2, 0) is 10.0 Å². The van der Waals surface area contributed by atoms with E-state index in [2.05, 4.69) is 17.0 Å². The Kier molecular flexibility index (Phi) is 5.70. The summed E-state index contributed by atoms with van der Waals surface area (Å²) in [6, 6.07) is 5.00. The SMILES string of the molecule is Cc1cc(S(=O)(=O)NCC2(C)CCCNC2)ccc1OC(C)C. The Labute approximate surface area is 139 Å². The fraction of sp³-hybridized carbons (Fsp3) is 0.647. The summed E-state index contributed by atoms with van der Waals surface area (Å²) in [4.78, 5) is 0.290. The zero-order chi connectivity index (χ0) is 17.1. The zero-order valence-corrected chi connectivity index (χ0v) is 15.3. The first-order valence-electron chi connectivity index (χ1n) is 8.20. The van der Waals surface area contributed by atoms with Gasteiger partial charge >= 0.3 is 0 Å². The number of piperidine rings is 1. The molecule has 2 N–H and O–H groups in total. The first-order valence-corrected chi connectivity index (χ1v) is 9.68. The third-order valence-electron chi connectivity index (χ3n) is 4.19. The van der Waals surface area contributed by atoms with Crippen LogP contribution in [0.1, 0.15) is 39.2 Å². The first-order chi connectivity index (χ1) is 10.7. The van der Waals surface area contributed by atoms with E-state index in [1.54, 1.807) is 18.2 Å². The van der Waals surface area contributed by atoms with Gasteiger partial charge in [0.15, 0.2) is 0 Å². The number of rotatable bonds is 6. The molecule has 1 fully saturated rings. The van der Waals surface area contributed by atoms with Crippen LogP contribution in [0.5, 0.6) is 5.75 Å². The van der Waals surface area contributed by atoms with Crippen LogP contribution in [0.4, 0.5) is 0 Å². The number of sulfonamides is 1. The van der Waals surface area contributed by atoms with Gasteiger partial charge in [-0.05, 0) is 69.3 Å². The molecule has 1 heterocycles. The van der Waals surface area contributed by atoms with Gasteiger partial charge in [-0.2, -0.15) is 0 Å². The highest BCUT2D eigenvalue weighted by atomic mass is 32.2. The zero-order valence-electron chi connectivity index (χ0n) is 14.5. The molecule has 130 valence electrons. The lowest BCUT2D eigenvalue weighted by Gasteiger charge is -2.34. The van der Waals surface area contributed by atoms with Gasteiger partial charge in [0.1, 0.15) is 5.75 Å². The van der Waals surface area contributed by atoms with Gasteiger partial charge < -0.3 is 10.1 Å². The van der Waals surface area contributed by atoms with Gasteiger partial charge in [-0.3, -0.25) is 0 Å². The molecule has 0 radical (unpaired) electrons. The monoisotopic (exact) mass is 340 g/mol. The van der Waals surface area contributed by atoms with E-state index in [4.69, 9.17) is 4.74 Å². The van der Waals surface area contributed by atoms with Crippen molar-refractivity contribution in [1.82, 2.24) is 10.0 Å². The van der Waals surface area contributed by atoms with Gasteiger partial charge in [-0.25, -0.2) is 13.1 Å². The Bertz CT molecular complexity index is 635. The van der Waals surface area contributed by atoms with E-state index in [9.17, 15) is 8.42 Å². The quantitative estimate of drug-likeness (QED) is 0.835. The predicted octanol–water partition coefficient (Wildman–Crippen LogP) is 2.45. The maximum absolute atomic E-state index is 12.5. The minimum absolute atomic E-state index is 0.0267. The Balaban J connectivity index is 2.08. The smallest absolute Gasteiger partial charge is 0.240 e. The van der Waals surface area contributed by atoms with Gasteiger partial charge in [0.25, 0.3) is 0 Å². The standard InChI is InChI=1S/C17H28N2O3S/c1-13(2)22-16-7-6-15(10-14(16)3)23(20,21)19-12-17(4)8-5-9-18-11-17/h6-7,10,13,18-19H,5,8-9,11-12H2,1-4H3. The summed E-state index contributed by atoms with van der Waals surface area (Å²) in [5.74, 6) is 0.724. The second-order valence-electron chi connectivity index (χ2n) is 7.01. The van der Waals surface area contributed by atoms with E-state index in [0.717, 1.165) is 37.2 Å². The maximum Gasteiger partial charge on any atom is 0.240 e. The maximum atomic E-state index is 12.5. The molecule has 0 amide bonds. The van der Waals surface area contributed by atoms with E-state index in [1.165, 1.54) is 0 Å². The van der Waals surface area contributed by atoms with Crippen LogP contribution in [0.3, 0.4) is 0 Å². The van der Waals surface area contributed by atoms with Gasteiger partial charge in [0.2, 0.25) is 10.0 Å². The third kappa shape index (κ3) is 4.93. The highest BCUT2D eigenvalue weighted by Crippen LogP contribution is 2.26. The summed E-state index contributed by atoms with van der Waals surface area (Å²) in [7, 11) is -3.50. The average Bonchev–Trinajstić information content (AvgIpc) is 2.48. The lowest BCUT2D eigenvalue weighted by atomic mass is 9.83. The van der Waals surface area contributed by atoms with E-state index in [1.807, 2.05) is 20.8 Å². The molecule has 6 heteroatoms. The van der Waals surface area contributed by atoms with Crippen LogP contribution in [0.25, 0.3) is 0 Å². The molecule has 0 aromatic heterocycles. The van der Waals surface area contributed by atoms with Crippen LogP contribution in [-0.4, -0.2) is 34.2 Å². The predicted molar refractivity (Wildman–Crippen MR) is 92.3 cm³/mol. The van der Waals surface area contributed by atoms with Crippen molar-refractivity contribution in [3.8, 4) is 5.75 Å². The minimum Gasteiger partial charge on any atom is -0.491 e. The lowest BCUT2D eigenvalue weighted by Crippen LogP contribution is -2.45.